The number of hydrogen-bond acceptors (Lipinski definition) is 3. The van der Waals surface area contributed by atoms with Gasteiger partial charge in [-0.25, -0.2) is 0 Å². The summed E-state index contributed by atoms with van der Waals surface area (Å²) in [5, 5.41) is 3.06. The molecule has 0 bridgehead atoms. The molecule has 2 aromatic carbocycles. The molecule has 0 aliphatic heterocycles. The van der Waals surface area contributed by atoms with Gasteiger partial charge in [0.1, 0.15) is 12.4 Å². The number of carbonyl (C=O) groups is 1. The smallest absolute Gasteiger partial charge is 0.252 e. The normalized spacial score (nSPS) is 12.1. The standard InChI is InChI=1S/C20H24Br2N2O2/c1-13-5-6-18(26-8-7-24(3)4)12-19(13)20(25)23-14(2)15-9-16(21)11-17(22)10-15/h5-6,9-12,14H,7-8H2,1-4H3,(H,23,25)/t14-/m1/s1. The molecule has 0 saturated heterocycles. The first-order valence-corrected chi connectivity index (χ1v) is 10.00. The molecule has 2 rings (SSSR count). The number of ether oxygens (including phenoxy) is 1. The van der Waals surface area contributed by atoms with Gasteiger partial charge in [-0.05, 0) is 69.4 Å². The quantitative estimate of drug-likeness (QED) is 0.605. The van der Waals surface area contributed by atoms with Gasteiger partial charge >= 0.3 is 0 Å². The van der Waals surface area contributed by atoms with Gasteiger partial charge in [0.15, 0.2) is 0 Å². The molecule has 0 heterocycles. The maximum atomic E-state index is 12.8. The van der Waals surface area contributed by atoms with E-state index in [0.29, 0.717) is 17.9 Å². The van der Waals surface area contributed by atoms with E-state index in [1.54, 1.807) is 0 Å². The van der Waals surface area contributed by atoms with E-state index in [2.05, 4.69) is 42.1 Å². The highest BCUT2D eigenvalue weighted by atomic mass is 79.9. The first-order valence-electron chi connectivity index (χ1n) is 8.41. The molecule has 0 unspecified atom stereocenters. The lowest BCUT2D eigenvalue weighted by Crippen LogP contribution is -2.27. The third-order valence-electron chi connectivity index (χ3n) is 3.99. The van der Waals surface area contributed by atoms with Crippen molar-refractivity contribution in [3.8, 4) is 5.75 Å². The fraction of sp³-hybridized carbons (Fsp3) is 0.350. The van der Waals surface area contributed by atoms with Crippen molar-refractivity contribution in [1.82, 2.24) is 10.2 Å². The van der Waals surface area contributed by atoms with Crippen molar-refractivity contribution in [1.29, 1.82) is 0 Å². The van der Waals surface area contributed by atoms with Crippen LogP contribution in [0.2, 0.25) is 0 Å². The SMILES string of the molecule is Cc1ccc(OCCN(C)C)cc1C(=O)N[C@H](C)c1cc(Br)cc(Br)c1. The highest BCUT2D eigenvalue weighted by molar-refractivity contribution is 9.11. The molecule has 2 aromatic rings. The van der Waals surface area contributed by atoms with Crippen molar-refractivity contribution in [2.24, 2.45) is 0 Å². The minimum absolute atomic E-state index is 0.107. The van der Waals surface area contributed by atoms with Crippen LogP contribution in [0, 0.1) is 6.92 Å². The Hall–Kier alpha value is -1.37. The van der Waals surface area contributed by atoms with Gasteiger partial charge in [-0.2, -0.15) is 0 Å². The van der Waals surface area contributed by atoms with E-state index in [1.165, 1.54) is 0 Å². The Labute approximate surface area is 172 Å². The van der Waals surface area contributed by atoms with Gasteiger partial charge in [0.2, 0.25) is 0 Å². The fourth-order valence-corrected chi connectivity index (χ4v) is 3.79. The van der Waals surface area contributed by atoms with Crippen LogP contribution in [-0.4, -0.2) is 38.1 Å². The van der Waals surface area contributed by atoms with Crippen LogP contribution >= 0.6 is 31.9 Å². The number of halogens is 2. The average Bonchev–Trinajstić information content (AvgIpc) is 2.55. The van der Waals surface area contributed by atoms with Gasteiger partial charge in [0, 0.05) is 21.1 Å². The molecule has 140 valence electrons. The molecule has 0 spiro atoms. The van der Waals surface area contributed by atoms with Crippen molar-refractivity contribution in [2.75, 3.05) is 27.2 Å². The number of amides is 1. The summed E-state index contributed by atoms with van der Waals surface area (Å²) in [5.74, 6) is 0.601. The molecule has 0 aliphatic rings. The van der Waals surface area contributed by atoms with Crippen molar-refractivity contribution < 1.29 is 9.53 Å². The van der Waals surface area contributed by atoms with E-state index < -0.39 is 0 Å². The van der Waals surface area contributed by atoms with Crippen LogP contribution in [0.25, 0.3) is 0 Å². The van der Waals surface area contributed by atoms with E-state index in [-0.39, 0.29) is 11.9 Å². The number of aryl methyl sites for hydroxylation is 1. The van der Waals surface area contributed by atoms with Crippen LogP contribution in [0.3, 0.4) is 0 Å². The van der Waals surface area contributed by atoms with Gasteiger partial charge in [0.25, 0.3) is 5.91 Å². The summed E-state index contributed by atoms with van der Waals surface area (Å²) < 4.78 is 7.69. The number of benzene rings is 2. The summed E-state index contributed by atoms with van der Waals surface area (Å²) in [6.45, 7) is 5.31. The summed E-state index contributed by atoms with van der Waals surface area (Å²) in [7, 11) is 4.00. The van der Waals surface area contributed by atoms with Gasteiger partial charge in [-0.1, -0.05) is 37.9 Å². The Morgan fingerprint density at radius 2 is 1.81 bits per heavy atom. The molecule has 0 saturated carbocycles. The van der Waals surface area contributed by atoms with Crippen molar-refractivity contribution in [3.05, 3.63) is 62.0 Å². The summed E-state index contributed by atoms with van der Waals surface area (Å²) >= 11 is 6.97. The molecular formula is C20H24Br2N2O2. The van der Waals surface area contributed by atoms with Crippen molar-refractivity contribution in [2.45, 2.75) is 19.9 Å². The molecule has 0 aromatic heterocycles. The highest BCUT2D eigenvalue weighted by Gasteiger charge is 2.15. The molecule has 1 N–H and O–H groups in total. The molecule has 0 fully saturated rings. The van der Waals surface area contributed by atoms with Crippen LogP contribution in [-0.2, 0) is 0 Å². The predicted octanol–water partition coefficient (Wildman–Crippen LogP) is 4.95. The Morgan fingerprint density at radius 1 is 1.15 bits per heavy atom. The minimum atomic E-state index is -0.117. The maximum absolute atomic E-state index is 12.8. The van der Waals surface area contributed by atoms with E-state index in [1.807, 2.05) is 64.3 Å². The van der Waals surface area contributed by atoms with Crippen LogP contribution in [0.1, 0.15) is 34.5 Å². The van der Waals surface area contributed by atoms with Gasteiger partial charge in [-0.15, -0.1) is 0 Å². The maximum Gasteiger partial charge on any atom is 0.252 e. The Morgan fingerprint density at radius 3 is 2.42 bits per heavy atom. The van der Waals surface area contributed by atoms with Gasteiger partial charge in [0.05, 0.1) is 6.04 Å². The fourth-order valence-electron chi connectivity index (χ4n) is 2.46. The molecule has 26 heavy (non-hydrogen) atoms. The van der Waals surface area contributed by atoms with Gasteiger partial charge in [-0.3, -0.25) is 4.79 Å². The molecule has 0 aliphatic carbocycles. The van der Waals surface area contributed by atoms with Gasteiger partial charge < -0.3 is 15.0 Å². The zero-order valence-electron chi connectivity index (χ0n) is 15.5. The summed E-state index contributed by atoms with van der Waals surface area (Å²) in [6, 6.07) is 11.5. The van der Waals surface area contributed by atoms with Crippen molar-refractivity contribution >= 4 is 37.8 Å². The van der Waals surface area contributed by atoms with E-state index in [0.717, 1.165) is 26.6 Å². The number of carbonyl (C=O) groups excluding carboxylic acids is 1. The highest BCUT2D eigenvalue weighted by Crippen LogP contribution is 2.25. The van der Waals surface area contributed by atoms with E-state index in [4.69, 9.17) is 4.74 Å². The predicted molar refractivity (Wildman–Crippen MR) is 113 cm³/mol. The lowest BCUT2D eigenvalue weighted by atomic mass is 10.1. The zero-order valence-corrected chi connectivity index (χ0v) is 18.6. The molecule has 1 atom stereocenters. The number of hydrogen-bond donors (Lipinski definition) is 1. The first-order chi connectivity index (χ1) is 12.3. The number of likely N-dealkylation sites (N-methyl/N-ethyl adjacent to an activating group) is 1. The Kier molecular flexibility index (Phi) is 7.68. The van der Waals surface area contributed by atoms with E-state index in [9.17, 15) is 4.79 Å². The molecule has 4 nitrogen and oxygen atoms in total. The number of rotatable bonds is 7. The minimum Gasteiger partial charge on any atom is -0.492 e. The van der Waals surface area contributed by atoms with Crippen molar-refractivity contribution in [3.63, 3.8) is 0 Å². The first kappa shape index (κ1) is 20.9. The number of nitrogens with one attached hydrogen (secondary N) is 1. The summed E-state index contributed by atoms with van der Waals surface area (Å²) in [5.41, 5.74) is 2.58. The van der Waals surface area contributed by atoms with Crippen LogP contribution in [0.5, 0.6) is 5.75 Å². The second-order valence-electron chi connectivity index (χ2n) is 6.53. The molecule has 6 heteroatoms. The molecular weight excluding hydrogens is 460 g/mol. The second kappa shape index (κ2) is 9.53. The largest absolute Gasteiger partial charge is 0.492 e. The van der Waals surface area contributed by atoms with Crippen LogP contribution in [0.4, 0.5) is 0 Å². The zero-order chi connectivity index (χ0) is 19.3. The lowest BCUT2D eigenvalue weighted by Gasteiger charge is -2.17. The van der Waals surface area contributed by atoms with E-state index >= 15 is 0 Å². The summed E-state index contributed by atoms with van der Waals surface area (Å²) in [6.07, 6.45) is 0. The topological polar surface area (TPSA) is 41.6 Å². The average molecular weight is 484 g/mol. The summed E-state index contributed by atoms with van der Waals surface area (Å²) in [4.78, 5) is 14.8. The second-order valence-corrected chi connectivity index (χ2v) is 8.36. The lowest BCUT2D eigenvalue weighted by molar-refractivity contribution is 0.0938. The van der Waals surface area contributed by atoms with Crippen LogP contribution in [0.15, 0.2) is 45.3 Å². The Balaban J connectivity index is 2.10. The third kappa shape index (κ3) is 6.11. The third-order valence-corrected chi connectivity index (χ3v) is 4.91. The Bertz CT molecular complexity index is 758. The molecule has 0 radical (unpaired) electrons. The van der Waals surface area contributed by atoms with Crippen LogP contribution < -0.4 is 10.1 Å². The monoisotopic (exact) mass is 482 g/mol. The number of nitrogens with zero attached hydrogens (tertiary/aromatic N) is 1. The molecule has 1 amide bonds.